The Labute approximate surface area is 108 Å². The van der Waals surface area contributed by atoms with Crippen molar-refractivity contribution in [1.82, 2.24) is 10.2 Å². The molecule has 0 aliphatic carbocycles. The fourth-order valence-corrected chi connectivity index (χ4v) is 2.78. The number of aryl methyl sites for hydroxylation is 1. The zero-order chi connectivity index (χ0) is 12.8. The molecule has 0 fully saturated rings. The van der Waals surface area contributed by atoms with Crippen LogP contribution in [0, 0.1) is 12.8 Å². The highest BCUT2D eigenvalue weighted by molar-refractivity contribution is 7.10. The standard InChI is InChI=1S/C13H22N2OS/c1-5-11(8-14-3)13(16)15(4)9-12-10(2)6-7-17-12/h6-7,11,14H,5,8-9H2,1-4H3. The van der Waals surface area contributed by atoms with Crippen molar-refractivity contribution in [1.29, 1.82) is 0 Å². The van der Waals surface area contributed by atoms with Crippen molar-refractivity contribution in [3.05, 3.63) is 21.9 Å². The van der Waals surface area contributed by atoms with Gasteiger partial charge in [-0.1, -0.05) is 6.92 Å². The number of nitrogens with one attached hydrogen (secondary N) is 1. The third-order valence-corrected chi connectivity index (χ3v) is 4.03. The van der Waals surface area contributed by atoms with Gasteiger partial charge in [-0.15, -0.1) is 11.3 Å². The first-order valence-corrected chi connectivity index (χ1v) is 6.90. The molecule has 0 saturated heterocycles. The van der Waals surface area contributed by atoms with Crippen molar-refractivity contribution < 1.29 is 4.79 Å². The lowest BCUT2D eigenvalue weighted by molar-refractivity contribution is -0.134. The summed E-state index contributed by atoms with van der Waals surface area (Å²) in [5.41, 5.74) is 1.27. The Bertz CT molecular complexity index is 362. The maximum atomic E-state index is 12.2. The van der Waals surface area contributed by atoms with Gasteiger partial charge in [0.2, 0.25) is 5.91 Å². The molecule has 3 nitrogen and oxygen atoms in total. The summed E-state index contributed by atoms with van der Waals surface area (Å²) in [4.78, 5) is 15.3. The lowest BCUT2D eigenvalue weighted by Crippen LogP contribution is -2.36. The Morgan fingerprint density at radius 2 is 2.29 bits per heavy atom. The molecule has 0 bridgehead atoms. The molecule has 0 aliphatic rings. The minimum atomic E-state index is 0.0882. The van der Waals surface area contributed by atoms with Crippen LogP contribution in [0.3, 0.4) is 0 Å². The highest BCUT2D eigenvalue weighted by atomic mass is 32.1. The molecular weight excluding hydrogens is 232 g/mol. The van der Waals surface area contributed by atoms with Crippen LogP contribution in [-0.4, -0.2) is 31.4 Å². The largest absolute Gasteiger partial charge is 0.340 e. The van der Waals surface area contributed by atoms with Crippen LogP contribution in [0.1, 0.15) is 23.8 Å². The fraction of sp³-hybridized carbons (Fsp3) is 0.615. The third kappa shape index (κ3) is 3.82. The maximum Gasteiger partial charge on any atom is 0.227 e. The van der Waals surface area contributed by atoms with Crippen LogP contribution in [0.5, 0.6) is 0 Å². The molecule has 1 atom stereocenters. The Hall–Kier alpha value is -0.870. The smallest absolute Gasteiger partial charge is 0.227 e. The van der Waals surface area contributed by atoms with E-state index in [1.54, 1.807) is 11.3 Å². The molecule has 0 saturated carbocycles. The number of hydrogen-bond donors (Lipinski definition) is 1. The Balaban J connectivity index is 2.60. The van der Waals surface area contributed by atoms with Crippen LogP contribution in [-0.2, 0) is 11.3 Å². The zero-order valence-corrected chi connectivity index (χ0v) is 11.9. The van der Waals surface area contributed by atoms with Crippen LogP contribution in [0.4, 0.5) is 0 Å². The molecule has 4 heteroatoms. The number of carbonyl (C=O) groups excluding carboxylic acids is 1. The maximum absolute atomic E-state index is 12.2. The van der Waals surface area contributed by atoms with E-state index >= 15 is 0 Å². The summed E-state index contributed by atoms with van der Waals surface area (Å²) in [5, 5.41) is 5.16. The van der Waals surface area contributed by atoms with Crippen molar-refractivity contribution >= 4 is 17.2 Å². The van der Waals surface area contributed by atoms with E-state index in [0.29, 0.717) is 0 Å². The van der Waals surface area contributed by atoms with Gasteiger partial charge in [0, 0.05) is 18.5 Å². The molecule has 1 heterocycles. The molecule has 17 heavy (non-hydrogen) atoms. The summed E-state index contributed by atoms with van der Waals surface area (Å²) in [5.74, 6) is 0.319. The third-order valence-electron chi connectivity index (χ3n) is 3.02. The molecular formula is C13H22N2OS. The Kier molecular flexibility index (Phi) is 5.65. The average molecular weight is 254 g/mol. The van der Waals surface area contributed by atoms with Crippen LogP contribution in [0.15, 0.2) is 11.4 Å². The van der Waals surface area contributed by atoms with Gasteiger partial charge in [-0.2, -0.15) is 0 Å². The Morgan fingerprint density at radius 3 is 2.76 bits per heavy atom. The zero-order valence-electron chi connectivity index (χ0n) is 11.1. The van der Waals surface area contributed by atoms with Crippen molar-refractivity contribution in [3.8, 4) is 0 Å². The van der Waals surface area contributed by atoms with E-state index in [1.807, 2.05) is 19.0 Å². The first kappa shape index (κ1) is 14.2. The number of carbonyl (C=O) groups is 1. The predicted molar refractivity (Wildman–Crippen MR) is 73.2 cm³/mol. The van der Waals surface area contributed by atoms with Gasteiger partial charge in [-0.05, 0) is 37.4 Å². The number of hydrogen-bond acceptors (Lipinski definition) is 3. The molecule has 1 aromatic rings. The van der Waals surface area contributed by atoms with Crippen LogP contribution in [0.2, 0.25) is 0 Å². The van der Waals surface area contributed by atoms with Gasteiger partial charge in [0.1, 0.15) is 0 Å². The molecule has 0 spiro atoms. The summed E-state index contributed by atoms with van der Waals surface area (Å²) < 4.78 is 0. The number of rotatable bonds is 6. The van der Waals surface area contributed by atoms with E-state index in [0.717, 1.165) is 19.5 Å². The van der Waals surface area contributed by atoms with Crippen LogP contribution < -0.4 is 5.32 Å². The highest BCUT2D eigenvalue weighted by Crippen LogP contribution is 2.18. The summed E-state index contributed by atoms with van der Waals surface area (Å²) in [6, 6.07) is 2.10. The van der Waals surface area contributed by atoms with E-state index in [1.165, 1.54) is 10.4 Å². The first-order chi connectivity index (χ1) is 8.10. The molecule has 1 amide bonds. The molecule has 0 radical (unpaired) electrons. The number of thiophene rings is 1. The van der Waals surface area contributed by atoms with E-state index in [-0.39, 0.29) is 11.8 Å². The second-order valence-corrected chi connectivity index (χ2v) is 5.38. The van der Waals surface area contributed by atoms with Gasteiger partial charge in [0.15, 0.2) is 0 Å². The quantitative estimate of drug-likeness (QED) is 0.844. The summed E-state index contributed by atoms with van der Waals surface area (Å²) in [6.45, 7) is 5.63. The second kappa shape index (κ2) is 6.77. The second-order valence-electron chi connectivity index (χ2n) is 4.38. The first-order valence-electron chi connectivity index (χ1n) is 6.02. The lowest BCUT2D eigenvalue weighted by Gasteiger charge is -2.22. The monoisotopic (exact) mass is 254 g/mol. The van der Waals surface area contributed by atoms with Crippen LogP contribution >= 0.6 is 11.3 Å². The molecule has 1 aromatic heterocycles. The highest BCUT2D eigenvalue weighted by Gasteiger charge is 2.20. The molecule has 0 aromatic carbocycles. The minimum absolute atomic E-state index is 0.0882. The van der Waals surface area contributed by atoms with Crippen LogP contribution in [0.25, 0.3) is 0 Å². The summed E-state index contributed by atoms with van der Waals surface area (Å²) in [7, 11) is 3.78. The van der Waals surface area contributed by atoms with E-state index in [2.05, 4.69) is 30.6 Å². The van der Waals surface area contributed by atoms with Gasteiger partial charge in [-0.25, -0.2) is 0 Å². The normalized spacial score (nSPS) is 12.5. The van der Waals surface area contributed by atoms with Gasteiger partial charge in [0.25, 0.3) is 0 Å². The SMILES string of the molecule is CCC(CNC)C(=O)N(C)Cc1sccc1C. The van der Waals surface area contributed by atoms with E-state index in [9.17, 15) is 4.79 Å². The van der Waals surface area contributed by atoms with E-state index < -0.39 is 0 Å². The molecule has 1 rings (SSSR count). The van der Waals surface area contributed by atoms with Crippen molar-refractivity contribution in [2.24, 2.45) is 5.92 Å². The van der Waals surface area contributed by atoms with Crippen molar-refractivity contribution in [2.75, 3.05) is 20.6 Å². The average Bonchev–Trinajstić information content (AvgIpc) is 2.71. The molecule has 0 aliphatic heterocycles. The topological polar surface area (TPSA) is 32.3 Å². The van der Waals surface area contributed by atoms with Gasteiger partial charge < -0.3 is 10.2 Å². The van der Waals surface area contributed by atoms with Crippen molar-refractivity contribution in [3.63, 3.8) is 0 Å². The number of amides is 1. The summed E-state index contributed by atoms with van der Waals surface area (Å²) >= 11 is 1.72. The van der Waals surface area contributed by atoms with Gasteiger partial charge >= 0.3 is 0 Å². The minimum Gasteiger partial charge on any atom is -0.340 e. The molecule has 1 N–H and O–H groups in total. The number of nitrogens with zero attached hydrogens (tertiary/aromatic N) is 1. The van der Waals surface area contributed by atoms with Gasteiger partial charge in [0.05, 0.1) is 12.5 Å². The Morgan fingerprint density at radius 1 is 1.59 bits per heavy atom. The molecule has 96 valence electrons. The predicted octanol–water partition coefficient (Wildman–Crippen LogP) is 2.26. The van der Waals surface area contributed by atoms with Gasteiger partial charge in [-0.3, -0.25) is 4.79 Å². The molecule has 1 unspecified atom stereocenters. The summed E-state index contributed by atoms with van der Waals surface area (Å²) in [6.07, 6.45) is 0.882. The fourth-order valence-electron chi connectivity index (χ4n) is 1.82. The lowest BCUT2D eigenvalue weighted by atomic mass is 10.1. The van der Waals surface area contributed by atoms with E-state index in [4.69, 9.17) is 0 Å². The van der Waals surface area contributed by atoms with Crippen molar-refractivity contribution in [2.45, 2.75) is 26.8 Å².